The summed E-state index contributed by atoms with van der Waals surface area (Å²) in [6.45, 7) is 1.50. The van der Waals surface area contributed by atoms with Crippen molar-refractivity contribution in [3.63, 3.8) is 0 Å². The smallest absolute Gasteiger partial charge is 0.225 e. The topological polar surface area (TPSA) is 80.5 Å². The van der Waals surface area contributed by atoms with Gasteiger partial charge in [0.15, 0.2) is 0 Å². The van der Waals surface area contributed by atoms with Gasteiger partial charge >= 0.3 is 0 Å². The average molecular weight is 314 g/mol. The van der Waals surface area contributed by atoms with E-state index in [2.05, 4.69) is 0 Å². The molecule has 1 aliphatic heterocycles. The van der Waals surface area contributed by atoms with Gasteiger partial charge in [0.25, 0.3) is 0 Å². The molecule has 2 aliphatic carbocycles. The van der Waals surface area contributed by atoms with E-state index in [-0.39, 0.29) is 28.5 Å². The molecule has 1 heterocycles. The summed E-state index contributed by atoms with van der Waals surface area (Å²) in [5.74, 6) is 0.214. The zero-order chi connectivity index (χ0) is 15.3. The van der Waals surface area contributed by atoms with Crippen LogP contribution in [0.1, 0.15) is 44.9 Å². The number of sulfone groups is 1. The monoisotopic (exact) mass is 314 g/mol. The van der Waals surface area contributed by atoms with Crippen molar-refractivity contribution in [2.45, 2.75) is 56.2 Å². The molecule has 2 N–H and O–H groups in total. The molecule has 3 aliphatic rings. The highest BCUT2D eigenvalue weighted by Crippen LogP contribution is 2.47. The number of amides is 1. The van der Waals surface area contributed by atoms with Gasteiger partial charge in [-0.15, -0.1) is 0 Å². The fourth-order valence-electron chi connectivity index (χ4n) is 4.32. The molecule has 21 heavy (non-hydrogen) atoms. The van der Waals surface area contributed by atoms with Crippen molar-refractivity contribution in [2.75, 3.05) is 19.3 Å². The molecule has 120 valence electrons. The van der Waals surface area contributed by atoms with Crippen LogP contribution >= 0.6 is 0 Å². The standard InChI is InChI=1S/C15H26N2O3S/c1-21(19,20)12-5-3-11(4-6-12)14(18)17-9-13(16)15(10-17)7-2-8-15/h11-13H,2-10,16H2,1H3. The van der Waals surface area contributed by atoms with E-state index in [0.29, 0.717) is 32.2 Å². The van der Waals surface area contributed by atoms with E-state index in [9.17, 15) is 13.2 Å². The molecular formula is C15H26N2O3S. The number of carbonyl (C=O) groups excluding carboxylic acids is 1. The van der Waals surface area contributed by atoms with E-state index >= 15 is 0 Å². The number of likely N-dealkylation sites (tertiary alicyclic amines) is 1. The molecule has 0 aromatic rings. The highest BCUT2D eigenvalue weighted by molar-refractivity contribution is 7.91. The normalized spacial score (nSPS) is 35.7. The van der Waals surface area contributed by atoms with Gasteiger partial charge in [-0.2, -0.15) is 0 Å². The van der Waals surface area contributed by atoms with Gasteiger partial charge in [0.05, 0.1) is 5.25 Å². The predicted octanol–water partition coefficient (Wildman–Crippen LogP) is 0.930. The van der Waals surface area contributed by atoms with E-state index in [1.165, 1.54) is 12.7 Å². The Morgan fingerprint density at radius 2 is 1.81 bits per heavy atom. The van der Waals surface area contributed by atoms with Gasteiger partial charge in [-0.25, -0.2) is 8.42 Å². The summed E-state index contributed by atoms with van der Waals surface area (Å²) in [7, 11) is -2.96. The first kappa shape index (κ1) is 15.3. The Kier molecular flexibility index (Phi) is 3.81. The second kappa shape index (κ2) is 5.23. The number of nitrogens with two attached hydrogens (primary N) is 1. The van der Waals surface area contributed by atoms with Crippen LogP contribution < -0.4 is 5.73 Å². The molecule has 0 aromatic carbocycles. The Morgan fingerprint density at radius 1 is 1.19 bits per heavy atom. The van der Waals surface area contributed by atoms with Crippen molar-refractivity contribution in [1.29, 1.82) is 0 Å². The van der Waals surface area contributed by atoms with Crippen LogP contribution in [0.25, 0.3) is 0 Å². The summed E-state index contributed by atoms with van der Waals surface area (Å²) in [6, 6.07) is 0.127. The fraction of sp³-hybridized carbons (Fsp3) is 0.933. The Labute approximate surface area is 127 Å². The van der Waals surface area contributed by atoms with E-state index in [4.69, 9.17) is 5.73 Å². The SMILES string of the molecule is CS(=O)(=O)C1CCC(C(=O)N2CC(N)C3(CCC3)C2)CC1. The largest absolute Gasteiger partial charge is 0.340 e. The maximum absolute atomic E-state index is 12.7. The Hall–Kier alpha value is -0.620. The molecule has 0 bridgehead atoms. The van der Waals surface area contributed by atoms with Gasteiger partial charge in [0.2, 0.25) is 5.91 Å². The third kappa shape index (κ3) is 2.72. The van der Waals surface area contributed by atoms with Crippen molar-refractivity contribution in [1.82, 2.24) is 4.90 Å². The molecule has 1 unspecified atom stereocenters. The van der Waals surface area contributed by atoms with Crippen LogP contribution in [0, 0.1) is 11.3 Å². The third-order valence-electron chi connectivity index (χ3n) is 6.00. The lowest BCUT2D eigenvalue weighted by molar-refractivity contribution is -0.136. The molecule has 6 heteroatoms. The number of nitrogens with zero attached hydrogens (tertiary/aromatic N) is 1. The molecule has 1 spiro atoms. The number of carbonyl (C=O) groups is 1. The lowest BCUT2D eigenvalue weighted by Crippen LogP contribution is -2.45. The van der Waals surface area contributed by atoms with Crippen molar-refractivity contribution in [3.8, 4) is 0 Å². The quantitative estimate of drug-likeness (QED) is 0.822. The second-order valence-corrected chi connectivity index (χ2v) is 9.67. The highest BCUT2D eigenvalue weighted by atomic mass is 32.2. The number of hydrogen-bond donors (Lipinski definition) is 1. The second-order valence-electron chi connectivity index (χ2n) is 7.34. The maximum atomic E-state index is 12.7. The summed E-state index contributed by atoms with van der Waals surface area (Å²) >= 11 is 0. The van der Waals surface area contributed by atoms with Gasteiger partial charge in [0, 0.05) is 36.7 Å². The van der Waals surface area contributed by atoms with Crippen LogP contribution in [0.2, 0.25) is 0 Å². The van der Waals surface area contributed by atoms with Crippen LogP contribution in [-0.2, 0) is 14.6 Å². The van der Waals surface area contributed by atoms with E-state index in [1.807, 2.05) is 4.90 Å². The molecule has 3 rings (SSSR count). The molecule has 2 saturated carbocycles. The maximum Gasteiger partial charge on any atom is 0.225 e. The average Bonchev–Trinajstić information content (AvgIpc) is 2.75. The van der Waals surface area contributed by atoms with E-state index < -0.39 is 9.84 Å². The molecule has 1 atom stereocenters. The van der Waals surface area contributed by atoms with Crippen LogP contribution in [-0.4, -0.2) is 49.9 Å². The van der Waals surface area contributed by atoms with Crippen LogP contribution in [0.3, 0.4) is 0 Å². The van der Waals surface area contributed by atoms with Gasteiger partial charge in [-0.05, 0) is 38.5 Å². The minimum Gasteiger partial charge on any atom is -0.340 e. The molecule has 0 aromatic heterocycles. The van der Waals surface area contributed by atoms with Crippen molar-refractivity contribution in [2.24, 2.45) is 17.1 Å². The van der Waals surface area contributed by atoms with Crippen LogP contribution in [0.4, 0.5) is 0 Å². The fourth-order valence-corrected chi connectivity index (χ4v) is 5.45. The minimum atomic E-state index is -2.96. The molecule has 0 radical (unpaired) electrons. The summed E-state index contributed by atoms with van der Waals surface area (Å²) in [5, 5.41) is -0.250. The number of rotatable bonds is 2. The Balaban J connectivity index is 1.58. The molecular weight excluding hydrogens is 288 g/mol. The van der Waals surface area contributed by atoms with E-state index in [0.717, 1.165) is 19.4 Å². The first-order valence-electron chi connectivity index (χ1n) is 8.05. The molecule has 1 amide bonds. The highest BCUT2D eigenvalue weighted by Gasteiger charge is 2.50. The number of hydrogen-bond acceptors (Lipinski definition) is 4. The Morgan fingerprint density at radius 3 is 2.24 bits per heavy atom. The van der Waals surface area contributed by atoms with Gasteiger partial charge in [0.1, 0.15) is 9.84 Å². The lowest BCUT2D eigenvalue weighted by Gasteiger charge is -2.41. The van der Waals surface area contributed by atoms with Gasteiger partial charge in [-0.3, -0.25) is 4.79 Å². The first-order valence-corrected chi connectivity index (χ1v) is 10.0. The van der Waals surface area contributed by atoms with Gasteiger partial charge in [-0.1, -0.05) is 6.42 Å². The Bertz CT molecular complexity index is 519. The lowest BCUT2D eigenvalue weighted by atomic mass is 9.66. The summed E-state index contributed by atoms with van der Waals surface area (Å²) in [5.41, 5.74) is 6.43. The van der Waals surface area contributed by atoms with Crippen molar-refractivity contribution >= 4 is 15.7 Å². The van der Waals surface area contributed by atoms with Crippen molar-refractivity contribution in [3.05, 3.63) is 0 Å². The summed E-state index contributed by atoms with van der Waals surface area (Å²) in [4.78, 5) is 14.6. The zero-order valence-corrected chi connectivity index (χ0v) is 13.6. The molecule has 3 fully saturated rings. The van der Waals surface area contributed by atoms with Crippen molar-refractivity contribution < 1.29 is 13.2 Å². The molecule has 1 saturated heterocycles. The van der Waals surface area contributed by atoms with E-state index in [1.54, 1.807) is 0 Å². The zero-order valence-electron chi connectivity index (χ0n) is 12.8. The van der Waals surface area contributed by atoms with Gasteiger partial charge < -0.3 is 10.6 Å². The first-order chi connectivity index (χ1) is 9.82. The minimum absolute atomic E-state index is 0.00502. The third-order valence-corrected chi connectivity index (χ3v) is 7.68. The van der Waals surface area contributed by atoms with Crippen LogP contribution in [0.15, 0.2) is 0 Å². The molecule has 5 nitrogen and oxygen atoms in total. The summed E-state index contributed by atoms with van der Waals surface area (Å²) < 4.78 is 23.2. The summed E-state index contributed by atoms with van der Waals surface area (Å²) in [6.07, 6.45) is 7.50. The predicted molar refractivity (Wildman–Crippen MR) is 81.4 cm³/mol. The van der Waals surface area contributed by atoms with Crippen LogP contribution in [0.5, 0.6) is 0 Å².